The summed E-state index contributed by atoms with van der Waals surface area (Å²) < 4.78 is 8.32. The molecule has 1 fully saturated rings. The van der Waals surface area contributed by atoms with Crippen molar-refractivity contribution in [1.82, 2.24) is 14.8 Å². The Hall–Kier alpha value is -1.66. The Morgan fingerprint density at radius 3 is 3.10 bits per heavy atom. The van der Waals surface area contributed by atoms with Crippen molar-refractivity contribution in [3.63, 3.8) is 0 Å². The van der Waals surface area contributed by atoms with Crippen LogP contribution in [0.2, 0.25) is 0 Å². The minimum Gasteiger partial charge on any atom is -0.379 e. The van der Waals surface area contributed by atoms with E-state index in [1.807, 2.05) is 22.9 Å². The van der Waals surface area contributed by atoms with Crippen molar-refractivity contribution >= 4 is 37.7 Å². The van der Waals surface area contributed by atoms with Crippen molar-refractivity contribution < 1.29 is 4.74 Å². The van der Waals surface area contributed by atoms with Crippen LogP contribution in [0.4, 0.5) is 0 Å². The molecule has 1 saturated heterocycles. The molecule has 0 radical (unpaired) electrons. The first-order chi connectivity index (χ1) is 9.74. The van der Waals surface area contributed by atoms with Gasteiger partial charge in [-0.3, -0.25) is 9.48 Å². The highest BCUT2D eigenvalue weighted by molar-refractivity contribution is 9.10. The minimum atomic E-state index is -0.101. The van der Waals surface area contributed by atoms with E-state index < -0.39 is 0 Å². The first kappa shape index (κ1) is 12.1. The van der Waals surface area contributed by atoms with E-state index in [9.17, 15) is 4.79 Å². The molecule has 1 N–H and O–H groups in total. The number of ether oxygens (including phenoxy) is 1. The number of H-pyrrole nitrogens is 1. The Balaban J connectivity index is 2.11. The zero-order valence-electron chi connectivity index (χ0n) is 10.6. The van der Waals surface area contributed by atoms with E-state index in [2.05, 4.69) is 26.0 Å². The van der Waals surface area contributed by atoms with Crippen LogP contribution in [0.3, 0.4) is 0 Å². The smallest absolute Gasteiger partial charge is 0.259 e. The maximum absolute atomic E-state index is 12.2. The number of benzene rings is 1. The first-order valence-electron chi connectivity index (χ1n) is 6.50. The molecular formula is C14H12BrN3O2. The molecule has 1 atom stereocenters. The van der Waals surface area contributed by atoms with Gasteiger partial charge in [0.15, 0.2) is 0 Å². The average molecular weight is 334 g/mol. The lowest BCUT2D eigenvalue weighted by molar-refractivity contribution is 0.185. The molecule has 1 aliphatic rings. The first-order valence-corrected chi connectivity index (χ1v) is 7.30. The fourth-order valence-corrected chi connectivity index (χ4v) is 3.17. The van der Waals surface area contributed by atoms with Crippen molar-refractivity contribution in [3.05, 3.63) is 39.2 Å². The Morgan fingerprint density at radius 2 is 2.30 bits per heavy atom. The molecule has 0 saturated carbocycles. The summed E-state index contributed by atoms with van der Waals surface area (Å²) in [5.74, 6) is 0. The monoisotopic (exact) mass is 333 g/mol. The van der Waals surface area contributed by atoms with Crippen LogP contribution in [-0.2, 0) is 4.74 Å². The van der Waals surface area contributed by atoms with Crippen LogP contribution in [0.1, 0.15) is 12.5 Å². The topological polar surface area (TPSA) is 59.9 Å². The number of hydrogen-bond acceptors (Lipinski definition) is 3. The van der Waals surface area contributed by atoms with E-state index in [0.29, 0.717) is 12.0 Å². The second-order valence-electron chi connectivity index (χ2n) is 5.01. The molecule has 1 aliphatic heterocycles. The van der Waals surface area contributed by atoms with Gasteiger partial charge in [0, 0.05) is 16.5 Å². The summed E-state index contributed by atoms with van der Waals surface area (Å²) in [6.45, 7) is 1.40. The van der Waals surface area contributed by atoms with E-state index in [0.717, 1.165) is 33.9 Å². The Kier molecular flexibility index (Phi) is 2.68. The van der Waals surface area contributed by atoms with Gasteiger partial charge in [0.1, 0.15) is 0 Å². The van der Waals surface area contributed by atoms with E-state index in [-0.39, 0.29) is 11.6 Å². The number of nitrogens with zero attached hydrogens (tertiary/aromatic N) is 2. The summed E-state index contributed by atoms with van der Waals surface area (Å²) >= 11 is 3.43. The standard InChI is InChI=1S/C14H12BrN3O2/c15-8-1-2-10-12(5-8)17-14(19)11-6-16-18(13(10)11)9-3-4-20-7-9/h1-2,5-6,9H,3-4,7H2,(H,17,19)/t9-/m0/s1. The molecular weight excluding hydrogens is 322 g/mol. The Morgan fingerprint density at radius 1 is 1.40 bits per heavy atom. The zero-order valence-corrected chi connectivity index (χ0v) is 12.2. The van der Waals surface area contributed by atoms with Crippen molar-refractivity contribution in [2.24, 2.45) is 0 Å². The van der Waals surface area contributed by atoms with Gasteiger partial charge in [0.2, 0.25) is 0 Å². The lowest BCUT2D eigenvalue weighted by Crippen LogP contribution is -2.12. The predicted molar refractivity (Wildman–Crippen MR) is 80.0 cm³/mol. The maximum atomic E-state index is 12.2. The number of halogens is 1. The second kappa shape index (κ2) is 4.43. The van der Waals surface area contributed by atoms with Crippen LogP contribution in [0.5, 0.6) is 0 Å². The number of aromatic amines is 1. The molecule has 5 nitrogen and oxygen atoms in total. The van der Waals surface area contributed by atoms with E-state index >= 15 is 0 Å². The molecule has 1 aromatic carbocycles. The van der Waals surface area contributed by atoms with Crippen LogP contribution in [0.15, 0.2) is 33.7 Å². The van der Waals surface area contributed by atoms with Gasteiger partial charge in [0.25, 0.3) is 5.56 Å². The molecule has 0 unspecified atom stereocenters. The normalized spacial score (nSPS) is 19.1. The summed E-state index contributed by atoms with van der Waals surface area (Å²) in [4.78, 5) is 15.1. The molecule has 0 spiro atoms. The molecule has 0 bridgehead atoms. The highest BCUT2D eigenvalue weighted by Crippen LogP contribution is 2.28. The molecule has 2 aromatic heterocycles. The third-order valence-electron chi connectivity index (χ3n) is 3.78. The molecule has 4 rings (SSSR count). The van der Waals surface area contributed by atoms with E-state index in [4.69, 9.17) is 4.74 Å². The largest absolute Gasteiger partial charge is 0.379 e. The van der Waals surface area contributed by atoms with E-state index in [1.165, 1.54) is 0 Å². The Labute approximate surface area is 122 Å². The summed E-state index contributed by atoms with van der Waals surface area (Å²) in [5.41, 5.74) is 1.61. The van der Waals surface area contributed by atoms with Crippen molar-refractivity contribution in [2.75, 3.05) is 13.2 Å². The van der Waals surface area contributed by atoms with Gasteiger partial charge in [0.05, 0.1) is 35.3 Å². The van der Waals surface area contributed by atoms with Gasteiger partial charge in [-0.1, -0.05) is 15.9 Å². The molecule has 0 aliphatic carbocycles. The lowest BCUT2D eigenvalue weighted by atomic mass is 10.1. The SMILES string of the molecule is O=c1[nH]c2cc(Br)ccc2c2c1cnn2[C@H]1CCOC1. The fourth-order valence-electron chi connectivity index (χ4n) is 2.80. The van der Waals surface area contributed by atoms with Crippen LogP contribution >= 0.6 is 15.9 Å². The summed E-state index contributed by atoms with van der Waals surface area (Å²) in [6, 6.07) is 6.11. The fraction of sp³-hybridized carbons (Fsp3) is 0.286. The van der Waals surface area contributed by atoms with Crippen LogP contribution in [0, 0.1) is 0 Å². The van der Waals surface area contributed by atoms with Gasteiger partial charge < -0.3 is 9.72 Å². The highest BCUT2D eigenvalue weighted by atomic mass is 79.9. The molecule has 20 heavy (non-hydrogen) atoms. The summed E-state index contributed by atoms with van der Waals surface area (Å²) in [5, 5.41) is 6.05. The van der Waals surface area contributed by atoms with E-state index in [1.54, 1.807) is 6.20 Å². The number of nitrogens with one attached hydrogen (secondary N) is 1. The van der Waals surface area contributed by atoms with Gasteiger partial charge in [-0.15, -0.1) is 0 Å². The van der Waals surface area contributed by atoms with Gasteiger partial charge in [-0.05, 0) is 24.6 Å². The molecule has 3 aromatic rings. The second-order valence-corrected chi connectivity index (χ2v) is 5.93. The van der Waals surface area contributed by atoms with Crippen molar-refractivity contribution in [2.45, 2.75) is 12.5 Å². The molecule has 3 heterocycles. The van der Waals surface area contributed by atoms with Crippen LogP contribution in [-0.4, -0.2) is 28.0 Å². The molecule has 102 valence electrons. The van der Waals surface area contributed by atoms with Gasteiger partial charge in [-0.2, -0.15) is 5.10 Å². The minimum absolute atomic E-state index is 0.101. The van der Waals surface area contributed by atoms with Gasteiger partial charge >= 0.3 is 0 Å². The number of rotatable bonds is 1. The number of fused-ring (bicyclic) bond motifs is 3. The lowest BCUT2D eigenvalue weighted by Gasteiger charge is -2.11. The van der Waals surface area contributed by atoms with Crippen molar-refractivity contribution in [3.8, 4) is 0 Å². The van der Waals surface area contributed by atoms with Gasteiger partial charge in [-0.25, -0.2) is 0 Å². The quantitative estimate of drug-likeness (QED) is 0.744. The number of aromatic nitrogens is 3. The van der Waals surface area contributed by atoms with Crippen molar-refractivity contribution in [1.29, 1.82) is 0 Å². The molecule has 6 heteroatoms. The summed E-state index contributed by atoms with van der Waals surface area (Å²) in [7, 11) is 0. The third-order valence-corrected chi connectivity index (χ3v) is 4.27. The van der Waals surface area contributed by atoms with Crippen LogP contribution < -0.4 is 5.56 Å². The average Bonchev–Trinajstić information content (AvgIpc) is 3.07. The predicted octanol–water partition coefficient (Wildman–Crippen LogP) is 2.60. The highest BCUT2D eigenvalue weighted by Gasteiger charge is 2.22. The number of pyridine rings is 1. The third kappa shape index (κ3) is 1.72. The van der Waals surface area contributed by atoms with Crippen LogP contribution in [0.25, 0.3) is 21.8 Å². The Bertz CT molecular complexity index is 862. The zero-order chi connectivity index (χ0) is 13.7. The number of hydrogen-bond donors (Lipinski definition) is 1. The molecule has 0 amide bonds. The summed E-state index contributed by atoms with van der Waals surface area (Å²) in [6.07, 6.45) is 2.58. The maximum Gasteiger partial charge on any atom is 0.259 e.